The number of likely N-dealkylation sites (N-methyl/N-ethyl adjacent to an activating group) is 1. The van der Waals surface area contributed by atoms with Crippen LogP contribution in [-0.4, -0.2) is 42.8 Å². The zero-order chi connectivity index (χ0) is 14.9. The molecule has 0 rings (SSSR count). The van der Waals surface area contributed by atoms with Crippen molar-refractivity contribution in [1.82, 2.24) is 10.2 Å². The molecule has 4 heteroatoms. The normalized spacial score (nSPS) is 11.7. The van der Waals surface area contributed by atoms with Gasteiger partial charge in [-0.05, 0) is 33.6 Å². The monoisotopic (exact) mass is 272 g/mol. The standard InChI is InChI=1S/C15H32N2O2/c1-7-9-13(10-8-2)16-11-12-17(6)14(18)19-15(3,4)5/h13,16H,7-12H2,1-6H3. The van der Waals surface area contributed by atoms with Crippen LogP contribution in [0.15, 0.2) is 0 Å². The lowest BCUT2D eigenvalue weighted by Gasteiger charge is -2.25. The maximum atomic E-state index is 11.8. The van der Waals surface area contributed by atoms with Crippen molar-refractivity contribution in [2.45, 2.75) is 71.9 Å². The summed E-state index contributed by atoms with van der Waals surface area (Å²) in [7, 11) is 1.78. The van der Waals surface area contributed by atoms with Gasteiger partial charge in [0.15, 0.2) is 0 Å². The second-order valence-electron chi connectivity index (χ2n) is 6.13. The van der Waals surface area contributed by atoms with Crippen LogP contribution in [-0.2, 0) is 4.74 Å². The fourth-order valence-electron chi connectivity index (χ4n) is 1.91. The van der Waals surface area contributed by atoms with E-state index in [1.807, 2.05) is 20.8 Å². The Morgan fingerprint density at radius 2 is 1.74 bits per heavy atom. The minimum absolute atomic E-state index is 0.253. The minimum atomic E-state index is -0.425. The molecule has 0 saturated carbocycles. The van der Waals surface area contributed by atoms with Gasteiger partial charge in [0.2, 0.25) is 0 Å². The SMILES string of the molecule is CCCC(CCC)NCCN(C)C(=O)OC(C)(C)C. The number of hydrogen-bond donors (Lipinski definition) is 1. The molecule has 0 radical (unpaired) electrons. The van der Waals surface area contributed by atoms with Crippen LogP contribution in [0.25, 0.3) is 0 Å². The molecule has 0 unspecified atom stereocenters. The topological polar surface area (TPSA) is 41.6 Å². The number of carbonyl (C=O) groups excluding carboxylic acids is 1. The Morgan fingerprint density at radius 3 is 2.16 bits per heavy atom. The molecule has 19 heavy (non-hydrogen) atoms. The van der Waals surface area contributed by atoms with E-state index in [1.54, 1.807) is 11.9 Å². The van der Waals surface area contributed by atoms with Crippen LogP contribution in [0.1, 0.15) is 60.3 Å². The van der Waals surface area contributed by atoms with Crippen LogP contribution in [0.4, 0.5) is 4.79 Å². The highest BCUT2D eigenvalue weighted by atomic mass is 16.6. The lowest BCUT2D eigenvalue weighted by Crippen LogP contribution is -2.40. The van der Waals surface area contributed by atoms with Gasteiger partial charge in [-0.15, -0.1) is 0 Å². The van der Waals surface area contributed by atoms with Crippen LogP contribution in [0, 0.1) is 0 Å². The Morgan fingerprint density at radius 1 is 1.21 bits per heavy atom. The van der Waals surface area contributed by atoms with Crippen molar-refractivity contribution < 1.29 is 9.53 Å². The van der Waals surface area contributed by atoms with E-state index in [0.717, 1.165) is 6.54 Å². The van der Waals surface area contributed by atoms with Gasteiger partial charge in [-0.2, -0.15) is 0 Å². The average Bonchev–Trinajstić information content (AvgIpc) is 2.27. The summed E-state index contributed by atoms with van der Waals surface area (Å²) in [6.07, 6.45) is 4.53. The molecule has 0 atom stereocenters. The summed E-state index contributed by atoms with van der Waals surface area (Å²) in [5.74, 6) is 0. The predicted molar refractivity (Wildman–Crippen MR) is 80.5 cm³/mol. The van der Waals surface area contributed by atoms with E-state index >= 15 is 0 Å². The fourth-order valence-corrected chi connectivity index (χ4v) is 1.91. The van der Waals surface area contributed by atoms with E-state index in [1.165, 1.54) is 25.7 Å². The molecule has 0 spiro atoms. The molecule has 0 aromatic heterocycles. The van der Waals surface area contributed by atoms with Crippen LogP contribution in [0.3, 0.4) is 0 Å². The Hall–Kier alpha value is -0.770. The highest BCUT2D eigenvalue weighted by Crippen LogP contribution is 2.09. The third kappa shape index (κ3) is 9.77. The molecule has 0 heterocycles. The molecule has 0 bridgehead atoms. The van der Waals surface area contributed by atoms with Crippen LogP contribution in [0.5, 0.6) is 0 Å². The number of nitrogens with one attached hydrogen (secondary N) is 1. The van der Waals surface area contributed by atoms with Gasteiger partial charge in [-0.25, -0.2) is 4.79 Å². The molecule has 1 amide bonds. The van der Waals surface area contributed by atoms with Crippen molar-refractivity contribution in [2.75, 3.05) is 20.1 Å². The largest absolute Gasteiger partial charge is 0.444 e. The van der Waals surface area contributed by atoms with Crippen LogP contribution >= 0.6 is 0 Å². The molecule has 0 aromatic carbocycles. The van der Waals surface area contributed by atoms with Gasteiger partial charge in [0.05, 0.1) is 0 Å². The van der Waals surface area contributed by atoms with Gasteiger partial charge in [0.1, 0.15) is 5.60 Å². The van der Waals surface area contributed by atoms with E-state index in [4.69, 9.17) is 4.74 Å². The molecule has 0 fully saturated rings. The predicted octanol–water partition coefficient (Wildman–Crippen LogP) is 3.41. The van der Waals surface area contributed by atoms with Gasteiger partial charge in [-0.1, -0.05) is 26.7 Å². The van der Waals surface area contributed by atoms with Gasteiger partial charge >= 0.3 is 6.09 Å². The summed E-state index contributed by atoms with van der Waals surface area (Å²) in [4.78, 5) is 13.4. The summed E-state index contributed by atoms with van der Waals surface area (Å²) in [5.41, 5.74) is -0.425. The molecule has 1 N–H and O–H groups in total. The first-order valence-corrected chi connectivity index (χ1v) is 7.47. The van der Waals surface area contributed by atoms with Crippen molar-refractivity contribution in [2.24, 2.45) is 0 Å². The van der Waals surface area contributed by atoms with Crippen molar-refractivity contribution in [3.63, 3.8) is 0 Å². The first kappa shape index (κ1) is 18.2. The summed E-state index contributed by atoms with van der Waals surface area (Å²) < 4.78 is 5.31. The van der Waals surface area contributed by atoms with E-state index < -0.39 is 5.60 Å². The first-order valence-electron chi connectivity index (χ1n) is 7.47. The smallest absolute Gasteiger partial charge is 0.410 e. The van der Waals surface area contributed by atoms with E-state index in [9.17, 15) is 4.79 Å². The van der Waals surface area contributed by atoms with E-state index in [2.05, 4.69) is 19.2 Å². The van der Waals surface area contributed by atoms with Crippen LogP contribution in [0.2, 0.25) is 0 Å². The number of ether oxygens (including phenoxy) is 1. The van der Waals surface area contributed by atoms with Gasteiger partial charge in [0, 0.05) is 26.2 Å². The number of hydrogen-bond acceptors (Lipinski definition) is 3. The minimum Gasteiger partial charge on any atom is -0.444 e. The number of carbonyl (C=O) groups is 1. The third-order valence-corrected chi connectivity index (χ3v) is 2.86. The molecule has 0 aliphatic heterocycles. The molecule has 114 valence electrons. The Kier molecular flexibility index (Phi) is 8.81. The maximum absolute atomic E-state index is 11.8. The number of nitrogens with zero attached hydrogens (tertiary/aromatic N) is 1. The first-order chi connectivity index (χ1) is 8.80. The van der Waals surface area contributed by atoms with Crippen LogP contribution < -0.4 is 5.32 Å². The second-order valence-corrected chi connectivity index (χ2v) is 6.13. The Balaban J connectivity index is 3.94. The van der Waals surface area contributed by atoms with Gasteiger partial charge < -0.3 is 15.0 Å². The number of amides is 1. The summed E-state index contributed by atoms with van der Waals surface area (Å²) in [6, 6.07) is 0.571. The molecule has 0 aliphatic carbocycles. The molecular weight excluding hydrogens is 240 g/mol. The third-order valence-electron chi connectivity index (χ3n) is 2.86. The Labute approximate surface area is 118 Å². The lowest BCUT2D eigenvalue weighted by atomic mass is 10.1. The van der Waals surface area contributed by atoms with Crippen molar-refractivity contribution in [1.29, 1.82) is 0 Å². The maximum Gasteiger partial charge on any atom is 0.410 e. The average molecular weight is 272 g/mol. The van der Waals surface area contributed by atoms with E-state index in [-0.39, 0.29) is 6.09 Å². The molecule has 0 aliphatic rings. The summed E-state index contributed by atoms with van der Waals surface area (Å²) in [5, 5.41) is 3.52. The Bertz CT molecular complexity index is 243. The molecule has 4 nitrogen and oxygen atoms in total. The second kappa shape index (κ2) is 9.18. The lowest BCUT2D eigenvalue weighted by molar-refractivity contribution is 0.0299. The molecule has 0 saturated heterocycles. The van der Waals surface area contributed by atoms with Crippen molar-refractivity contribution in [3.05, 3.63) is 0 Å². The zero-order valence-corrected chi connectivity index (χ0v) is 13.6. The summed E-state index contributed by atoms with van der Waals surface area (Å²) in [6.45, 7) is 11.6. The summed E-state index contributed by atoms with van der Waals surface area (Å²) >= 11 is 0. The van der Waals surface area contributed by atoms with Crippen molar-refractivity contribution >= 4 is 6.09 Å². The highest BCUT2D eigenvalue weighted by molar-refractivity contribution is 5.67. The highest BCUT2D eigenvalue weighted by Gasteiger charge is 2.19. The molecular formula is C15H32N2O2. The van der Waals surface area contributed by atoms with Gasteiger partial charge in [0.25, 0.3) is 0 Å². The molecule has 0 aromatic rings. The van der Waals surface area contributed by atoms with Gasteiger partial charge in [-0.3, -0.25) is 0 Å². The quantitative estimate of drug-likeness (QED) is 0.736. The van der Waals surface area contributed by atoms with Crippen molar-refractivity contribution in [3.8, 4) is 0 Å². The number of rotatable bonds is 8. The zero-order valence-electron chi connectivity index (χ0n) is 13.6. The fraction of sp³-hybridized carbons (Fsp3) is 0.933. The van der Waals surface area contributed by atoms with E-state index in [0.29, 0.717) is 12.6 Å².